The predicted octanol–water partition coefficient (Wildman–Crippen LogP) is 3.93. The molecule has 2 nitrogen and oxygen atoms in total. The lowest BCUT2D eigenvalue weighted by atomic mass is 10.1. The van der Waals surface area contributed by atoms with Crippen LogP contribution in [-0.4, -0.2) is 6.54 Å². The van der Waals surface area contributed by atoms with Crippen LogP contribution in [0.4, 0.5) is 0 Å². The average molecular weight is 285 g/mol. The first-order valence-corrected chi connectivity index (χ1v) is 7.10. The average Bonchev–Trinajstić information content (AvgIpc) is 2.49. The Bertz CT molecular complexity index is 588. The molecule has 2 aromatic rings. The van der Waals surface area contributed by atoms with Gasteiger partial charge in [0, 0.05) is 11.6 Å². The Kier molecular flexibility index (Phi) is 5.61. The first-order valence-electron chi connectivity index (χ1n) is 6.73. The molecule has 0 aliphatic carbocycles. The highest BCUT2D eigenvalue weighted by Gasteiger charge is 2.01. The van der Waals surface area contributed by atoms with E-state index in [9.17, 15) is 0 Å². The van der Waals surface area contributed by atoms with Gasteiger partial charge in [-0.25, -0.2) is 0 Å². The summed E-state index contributed by atoms with van der Waals surface area (Å²) in [5, 5.41) is 12.8. The van der Waals surface area contributed by atoms with Crippen LogP contribution in [0, 0.1) is 11.3 Å². The highest BCUT2D eigenvalue weighted by Crippen LogP contribution is 2.17. The summed E-state index contributed by atoms with van der Waals surface area (Å²) < 4.78 is 0. The molecule has 0 heterocycles. The Morgan fingerprint density at radius 3 is 2.60 bits per heavy atom. The summed E-state index contributed by atoms with van der Waals surface area (Å²) in [5.41, 5.74) is 3.00. The van der Waals surface area contributed by atoms with E-state index in [4.69, 9.17) is 16.9 Å². The summed E-state index contributed by atoms with van der Waals surface area (Å²) in [6.07, 6.45) is 2.17. The summed E-state index contributed by atoms with van der Waals surface area (Å²) in [4.78, 5) is 0. The lowest BCUT2D eigenvalue weighted by Crippen LogP contribution is -2.15. The largest absolute Gasteiger partial charge is 0.313 e. The third-order valence-corrected chi connectivity index (χ3v) is 3.51. The van der Waals surface area contributed by atoms with E-state index in [0.717, 1.165) is 31.5 Å². The van der Waals surface area contributed by atoms with Crippen molar-refractivity contribution in [2.24, 2.45) is 0 Å². The van der Waals surface area contributed by atoms with E-state index < -0.39 is 0 Å². The smallest absolute Gasteiger partial charge is 0.0992 e. The van der Waals surface area contributed by atoms with Crippen molar-refractivity contribution in [3.05, 3.63) is 70.2 Å². The minimum Gasteiger partial charge on any atom is -0.313 e. The number of nitriles is 1. The van der Waals surface area contributed by atoms with Gasteiger partial charge < -0.3 is 5.32 Å². The lowest BCUT2D eigenvalue weighted by Gasteiger charge is -2.07. The molecule has 2 rings (SSSR count). The van der Waals surface area contributed by atoms with E-state index in [-0.39, 0.29) is 0 Å². The van der Waals surface area contributed by atoms with Gasteiger partial charge in [-0.05, 0) is 42.6 Å². The molecular formula is C17H17ClN2. The fourth-order valence-electron chi connectivity index (χ4n) is 2.05. The maximum absolute atomic E-state index is 8.78. The molecule has 102 valence electrons. The number of halogens is 1. The van der Waals surface area contributed by atoms with Gasteiger partial charge in [-0.15, -0.1) is 0 Å². The molecule has 0 saturated heterocycles. The van der Waals surface area contributed by atoms with Gasteiger partial charge in [0.1, 0.15) is 0 Å². The van der Waals surface area contributed by atoms with Gasteiger partial charge in [0.15, 0.2) is 0 Å². The predicted molar refractivity (Wildman–Crippen MR) is 82.6 cm³/mol. The van der Waals surface area contributed by atoms with Crippen molar-refractivity contribution in [2.75, 3.05) is 6.54 Å². The standard InChI is InChI=1S/C17H17ClN2/c18-17-11-15(12-19)8-9-16(17)13-20-10-4-7-14-5-2-1-3-6-14/h1-3,5-6,8-9,11,20H,4,7,10,13H2. The molecule has 0 radical (unpaired) electrons. The van der Waals surface area contributed by atoms with E-state index in [2.05, 4.69) is 35.7 Å². The molecule has 3 heteroatoms. The molecule has 0 aliphatic heterocycles. The number of hydrogen-bond donors (Lipinski definition) is 1. The molecule has 0 aliphatic rings. The van der Waals surface area contributed by atoms with Crippen LogP contribution in [0.3, 0.4) is 0 Å². The number of nitrogens with one attached hydrogen (secondary N) is 1. The highest BCUT2D eigenvalue weighted by atomic mass is 35.5. The van der Waals surface area contributed by atoms with Gasteiger partial charge in [0.25, 0.3) is 0 Å². The molecular weight excluding hydrogens is 268 g/mol. The van der Waals surface area contributed by atoms with E-state index in [0.29, 0.717) is 10.6 Å². The Balaban J connectivity index is 1.72. The summed E-state index contributed by atoms with van der Waals surface area (Å²) in [5.74, 6) is 0. The molecule has 0 unspecified atom stereocenters. The third kappa shape index (κ3) is 4.38. The first kappa shape index (κ1) is 14.6. The van der Waals surface area contributed by atoms with Crippen molar-refractivity contribution in [3.63, 3.8) is 0 Å². The van der Waals surface area contributed by atoms with Gasteiger partial charge in [-0.2, -0.15) is 5.26 Å². The molecule has 0 fully saturated rings. The van der Waals surface area contributed by atoms with Crippen molar-refractivity contribution in [2.45, 2.75) is 19.4 Å². The van der Waals surface area contributed by atoms with Gasteiger partial charge >= 0.3 is 0 Å². The quantitative estimate of drug-likeness (QED) is 0.816. The Hall–Kier alpha value is -1.82. The molecule has 1 N–H and O–H groups in total. The maximum Gasteiger partial charge on any atom is 0.0992 e. The zero-order valence-electron chi connectivity index (χ0n) is 11.3. The Labute approximate surface area is 125 Å². The van der Waals surface area contributed by atoms with Crippen LogP contribution in [0.25, 0.3) is 0 Å². The minimum atomic E-state index is 0.600. The van der Waals surface area contributed by atoms with Crippen molar-refractivity contribution in [1.29, 1.82) is 5.26 Å². The van der Waals surface area contributed by atoms with Crippen molar-refractivity contribution in [3.8, 4) is 6.07 Å². The zero-order valence-corrected chi connectivity index (χ0v) is 12.0. The maximum atomic E-state index is 8.78. The lowest BCUT2D eigenvalue weighted by molar-refractivity contribution is 0.649. The number of rotatable bonds is 6. The van der Waals surface area contributed by atoms with Crippen molar-refractivity contribution >= 4 is 11.6 Å². The Morgan fingerprint density at radius 1 is 1.10 bits per heavy atom. The first-order chi connectivity index (χ1) is 9.79. The second-order valence-electron chi connectivity index (χ2n) is 4.68. The highest BCUT2D eigenvalue weighted by molar-refractivity contribution is 6.31. The third-order valence-electron chi connectivity index (χ3n) is 3.16. The van der Waals surface area contributed by atoms with E-state index >= 15 is 0 Å². The molecule has 0 aromatic heterocycles. The van der Waals surface area contributed by atoms with Crippen LogP contribution in [0.5, 0.6) is 0 Å². The fraction of sp³-hybridized carbons (Fsp3) is 0.235. The topological polar surface area (TPSA) is 35.8 Å². The SMILES string of the molecule is N#Cc1ccc(CNCCCc2ccccc2)c(Cl)c1. The van der Waals surface area contributed by atoms with Gasteiger partial charge in [-0.3, -0.25) is 0 Å². The molecule has 2 aromatic carbocycles. The van der Waals surface area contributed by atoms with E-state index in [1.165, 1.54) is 5.56 Å². The van der Waals surface area contributed by atoms with E-state index in [1.54, 1.807) is 12.1 Å². The molecule has 0 amide bonds. The van der Waals surface area contributed by atoms with Crippen LogP contribution in [0.2, 0.25) is 5.02 Å². The van der Waals surface area contributed by atoms with Crippen molar-refractivity contribution in [1.82, 2.24) is 5.32 Å². The molecule has 0 atom stereocenters. The summed E-state index contributed by atoms with van der Waals surface area (Å²) in [7, 11) is 0. The number of nitrogens with zero attached hydrogens (tertiary/aromatic N) is 1. The van der Waals surface area contributed by atoms with Crippen LogP contribution in [0.1, 0.15) is 23.1 Å². The van der Waals surface area contributed by atoms with Crippen molar-refractivity contribution < 1.29 is 0 Å². The van der Waals surface area contributed by atoms with Crippen LogP contribution < -0.4 is 5.32 Å². The summed E-state index contributed by atoms with van der Waals surface area (Å²) in [6, 6.07) is 18.0. The number of hydrogen-bond acceptors (Lipinski definition) is 2. The van der Waals surface area contributed by atoms with Crippen LogP contribution in [-0.2, 0) is 13.0 Å². The van der Waals surface area contributed by atoms with E-state index in [1.807, 2.05) is 12.1 Å². The van der Waals surface area contributed by atoms with Gasteiger partial charge in [0.2, 0.25) is 0 Å². The monoisotopic (exact) mass is 284 g/mol. The second-order valence-corrected chi connectivity index (χ2v) is 5.09. The molecule has 0 spiro atoms. The van der Waals surface area contributed by atoms with Crippen LogP contribution >= 0.6 is 11.6 Å². The molecule has 20 heavy (non-hydrogen) atoms. The Morgan fingerprint density at radius 2 is 1.90 bits per heavy atom. The zero-order chi connectivity index (χ0) is 14.2. The summed E-state index contributed by atoms with van der Waals surface area (Å²) >= 11 is 6.13. The van der Waals surface area contributed by atoms with Gasteiger partial charge in [-0.1, -0.05) is 48.0 Å². The number of benzene rings is 2. The summed E-state index contributed by atoms with van der Waals surface area (Å²) in [6.45, 7) is 1.69. The molecule has 0 bridgehead atoms. The molecule has 0 saturated carbocycles. The van der Waals surface area contributed by atoms with Crippen LogP contribution in [0.15, 0.2) is 48.5 Å². The normalized spacial score (nSPS) is 10.2. The van der Waals surface area contributed by atoms with Gasteiger partial charge in [0.05, 0.1) is 11.6 Å². The number of aryl methyl sites for hydroxylation is 1. The minimum absolute atomic E-state index is 0.600. The second kappa shape index (κ2) is 7.69. The fourth-order valence-corrected chi connectivity index (χ4v) is 2.29.